The van der Waals surface area contributed by atoms with Gasteiger partial charge >= 0.3 is 6.01 Å². The molecule has 6 rings (SSSR count). The van der Waals surface area contributed by atoms with Gasteiger partial charge in [-0.3, -0.25) is 9.69 Å². The van der Waals surface area contributed by atoms with Gasteiger partial charge in [-0.05, 0) is 48.2 Å². The summed E-state index contributed by atoms with van der Waals surface area (Å²) < 4.78 is 41.9. The van der Waals surface area contributed by atoms with E-state index in [4.69, 9.17) is 26.1 Å². The fourth-order valence-electron chi connectivity index (χ4n) is 6.38. The predicted octanol–water partition coefficient (Wildman–Crippen LogP) is 4.21. The molecule has 1 amide bonds. The molecule has 0 spiro atoms. The number of hydrogen-bond acceptors (Lipinski definition) is 7. The number of amides is 1. The average molecular weight is 601 g/mol. The van der Waals surface area contributed by atoms with Crippen LogP contribution in [0.25, 0.3) is 10.9 Å². The van der Waals surface area contributed by atoms with Crippen LogP contribution in [0.4, 0.5) is 14.6 Å². The van der Waals surface area contributed by atoms with Crippen LogP contribution < -0.4 is 14.4 Å². The maximum Gasteiger partial charge on any atom is 0.319 e. The second-order valence-corrected chi connectivity index (χ2v) is 12.0. The van der Waals surface area contributed by atoms with Crippen LogP contribution in [0, 0.1) is 11.7 Å². The van der Waals surface area contributed by atoms with Gasteiger partial charge in [-0.1, -0.05) is 11.6 Å². The van der Waals surface area contributed by atoms with Crippen LogP contribution in [-0.4, -0.2) is 90.4 Å². The van der Waals surface area contributed by atoms with E-state index in [0.717, 1.165) is 19.4 Å². The Morgan fingerprint density at radius 1 is 1.32 bits per heavy atom. The van der Waals surface area contributed by atoms with Crippen molar-refractivity contribution in [3.8, 4) is 11.8 Å². The summed E-state index contributed by atoms with van der Waals surface area (Å²) in [5.41, 5.74) is -0.332. The molecule has 8 nitrogen and oxygen atoms in total. The number of halogens is 4. The zero-order valence-electron chi connectivity index (χ0n) is 20.8. The van der Waals surface area contributed by atoms with E-state index < -0.39 is 12.0 Å². The summed E-state index contributed by atoms with van der Waals surface area (Å²) >= 11 is 9.72. The number of anilines is 1. The van der Waals surface area contributed by atoms with Crippen LogP contribution in [0.3, 0.4) is 0 Å². The molecule has 2 aromatic rings. The highest BCUT2D eigenvalue weighted by Gasteiger charge is 2.49. The lowest BCUT2D eigenvalue weighted by Crippen LogP contribution is -2.50. The van der Waals surface area contributed by atoms with Crippen molar-refractivity contribution in [2.75, 3.05) is 51.8 Å². The van der Waals surface area contributed by atoms with Gasteiger partial charge in [-0.25, -0.2) is 8.78 Å². The van der Waals surface area contributed by atoms with Gasteiger partial charge in [0, 0.05) is 39.0 Å². The summed E-state index contributed by atoms with van der Waals surface area (Å²) in [6, 6.07) is 0.0724. The minimum absolute atomic E-state index is 0.0333. The number of rotatable bonds is 5. The molecule has 12 heteroatoms. The van der Waals surface area contributed by atoms with E-state index in [9.17, 15) is 9.18 Å². The Bertz CT molecular complexity index is 1260. The Morgan fingerprint density at radius 2 is 2.11 bits per heavy atom. The molecule has 0 radical (unpaired) electrons. The van der Waals surface area contributed by atoms with E-state index in [-0.39, 0.29) is 51.0 Å². The summed E-state index contributed by atoms with van der Waals surface area (Å²) in [5.74, 6) is 0.219. The number of hydrogen-bond donors (Lipinski definition) is 0. The van der Waals surface area contributed by atoms with Crippen molar-refractivity contribution in [1.29, 1.82) is 0 Å². The number of ether oxygens (including phenoxy) is 2. The minimum atomic E-state index is -0.881. The smallest absolute Gasteiger partial charge is 0.319 e. The van der Waals surface area contributed by atoms with Crippen LogP contribution in [0.2, 0.25) is 5.02 Å². The molecule has 4 heterocycles. The standard InChI is InChI=1S/C25H29BrClF2N5O3/c1-32(2)23(35)13-8-15(9-13)34-6-7-36-21-16-20(19(29)17(26)18(21)27)30-24(31-22(16)34)37-12-25-4-3-5-33(25)11-14(28)10-25/h13-15H,3-12H2,1-2H3/t13?,14-,15?,25+/m1/s1. The largest absolute Gasteiger partial charge is 0.489 e. The van der Waals surface area contributed by atoms with Gasteiger partial charge in [0.2, 0.25) is 5.91 Å². The average Bonchev–Trinajstić information content (AvgIpc) is 3.29. The van der Waals surface area contributed by atoms with Crippen molar-refractivity contribution in [3.63, 3.8) is 0 Å². The first-order valence-electron chi connectivity index (χ1n) is 12.7. The zero-order valence-corrected chi connectivity index (χ0v) is 23.1. The highest BCUT2D eigenvalue weighted by atomic mass is 79.9. The molecule has 1 aliphatic carbocycles. The first-order chi connectivity index (χ1) is 17.7. The lowest BCUT2D eigenvalue weighted by atomic mass is 9.78. The molecule has 2 saturated heterocycles. The van der Waals surface area contributed by atoms with E-state index >= 15 is 4.39 Å². The Balaban J connectivity index is 1.37. The molecule has 1 aromatic carbocycles. The normalized spacial score (nSPS) is 29.0. The lowest BCUT2D eigenvalue weighted by molar-refractivity contribution is -0.136. The van der Waals surface area contributed by atoms with Gasteiger partial charge in [-0.2, -0.15) is 9.97 Å². The van der Waals surface area contributed by atoms with E-state index in [1.165, 1.54) is 0 Å². The van der Waals surface area contributed by atoms with Crippen LogP contribution in [0.15, 0.2) is 4.47 Å². The van der Waals surface area contributed by atoms with Gasteiger partial charge < -0.3 is 19.3 Å². The van der Waals surface area contributed by atoms with Crippen molar-refractivity contribution in [3.05, 3.63) is 15.3 Å². The quantitative estimate of drug-likeness (QED) is 0.477. The van der Waals surface area contributed by atoms with Crippen molar-refractivity contribution in [2.45, 2.75) is 49.9 Å². The third kappa shape index (κ3) is 4.12. The monoisotopic (exact) mass is 599 g/mol. The highest BCUT2D eigenvalue weighted by Crippen LogP contribution is 2.48. The molecule has 0 bridgehead atoms. The minimum Gasteiger partial charge on any atom is -0.489 e. The second kappa shape index (κ2) is 9.34. The van der Waals surface area contributed by atoms with Gasteiger partial charge in [0.05, 0.1) is 21.9 Å². The van der Waals surface area contributed by atoms with Gasteiger partial charge in [0.1, 0.15) is 35.7 Å². The number of carbonyl (C=O) groups is 1. The second-order valence-electron chi connectivity index (χ2n) is 10.8. The third-order valence-corrected chi connectivity index (χ3v) is 9.65. The topological polar surface area (TPSA) is 71.0 Å². The predicted molar refractivity (Wildman–Crippen MR) is 139 cm³/mol. The molecule has 0 unspecified atom stereocenters. The molecule has 1 aromatic heterocycles. The third-order valence-electron chi connectivity index (χ3n) is 8.31. The molecule has 3 aliphatic heterocycles. The summed E-state index contributed by atoms with van der Waals surface area (Å²) in [6.07, 6.45) is 2.69. The van der Waals surface area contributed by atoms with Gasteiger partial charge in [-0.15, -0.1) is 0 Å². The summed E-state index contributed by atoms with van der Waals surface area (Å²) in [4.78, 5) is 27.5. The van der Waals surface area contributed by atoms with Crippen LogP contribution >= 0.6 is 27.5 Å². The van der Waals surface area contributed by atoms with E-state index in [2.05, 4.69) is 30.7 Å². The number of fused-ring (bicyclic) bond motifs is 1. The first-order valence-corrected chi connectivity index (χ1v) is 13.9. The molecular weight excluding hydrogens is 572 g/mol. The molecule has 200 valence electrons. The van der Waals surface area contributed by atoms with E-state index in [1.807, 2.05) is 0 Å². The van der Waals surface area contributed by atoms with E-state index in [0.29, 0.717) is 55.9 Å². The fourth-order valence-corrected chi connectivity index (χ4v) is 6.98. The number of alkyl halides is 1. The summed E-state index contributed by atoms with van der Waals surface area (Å²) in [5, 5.41) is 0.517. The van der Waals surface area contributed by atoms with Crippen LogP contribution in [0.1, 0.15) is 32.1 Å². The number of benzene rings is 1. The van der Waals surface area contributed by atoms with Crippen LogP contribution in [0.5, 0.6) is 11.8 Å². The highest BCUT2D eigenvalue weighted by molar-refractivity contribution is 9.10. The molecule has 3 fully saturated rings. The number of nitrogens with zero attached hydrogens (tertiary/aromatic N) is 5. The first kappa shape index (κ1) is 25.3. The van der Waals surface area contributed by atoms with Gasteiger partial charge in [0.15, 0.2) is 11.6 Å². The molecule has 4 aliphatic rings. The molecule has 2 atom stereocenters. The molecule has 0 N–H and O–H groups in total. The Hall–Kier alpha value is -1.98. The Labute approximate surface area is 227 Å². The maximum absolute atomic E-state index is 15.5. The molecule has 37 heavy (non-hydrogen) atoms. The molecular formula is C25H29BrClF2N5O3. The van der Waals surface area contributed by atoms with Crippen LogP contribution in [-0.2, 0) is 4.79 Å². The maximum atomic E-state index is 15.5. The van der Waals surface area contributed by atoms with Crippen molar-refractivity contribution in [1.82, 2.24) is 19.8 Å². The summed E-state index contributed by atoms with van der Waals surface area (Å²) in [6.45, 7) is 2.30. The Morgan fingerprint density at radius 3 is 2.86 bits per heavy atom. The SMILES string of the molecule is CN(C)C(=O)C1CC(N2CCOc3c(Cl)c(Br)c(F)c4nc(OC[C@@]56CCCN5C[C@H](F)C6)nc2c34)C1. The van der Waals surface area contributed by atoms with Crippen molar-refractivity contribution < 1.29 is 23.0 Å². The molecule has 1 saturated carbocycles. The summed E-state index contributed by atoms with van der Waals surface area (Å²) in [7, 11) is 3.51. The van der Waals surface area contributed by atoms with Crippen molar-refractivity contribution in [2.24, 2.45) is 5.92 Å². The number of aromatic nitrogens is 2. The fraction of sp³-hybridized carbons (Fsp3) is 0.640. The zero-order chi connectivity index (χ0) is 26.1. The Kier molecular flexibility index (Phi) is 6.39. The van der Waals surface area contributed by atoms with E-state index in [1.54, 1.807) is 19.0 Å². The number of carbonyl (C=O) groups excluding carboxylic acids is 1. The lowest BCUT2D eigenvalue weighted by Gasteiger charge is -2.43. The van der Waals surface area contributed by atoms with Crippen molar-refractivity contribution >= 4 is 50.2 Å². The van der Waals surface area contributed by atoms with Gasteiger partial charge in [0.25, 0.3) is 0 Å².